The van der Waals surface area contributed by atoms with Crippen molar-refractivity contribution in [2.45, 2.75) is 110 Å². The van der Waals surface area contributed by atoms with Gasteiger partial charge in [0.05, 0.1) is 0 Å². The van der Waals surface area contributed by atoms with Gasteiger partial charge in [-0.3, -0.25) is 0 Å². The van der Waals surface area contributed by atoms with Gasteiger partial charge in [0.2, 0.25) is 0 Å². The van der Waals surface area contributed by atoms with E-state index in [1.165, 1.54) is 12.8 Å². The lowest BCUT2D eigenvalue weighted by molar-refractivity contribution is -0.0310. The molecule has 0 bridgehead atoms. The molecule has 1 amide bonds. The Labute approximate surface area is 156 Å². The molecule has 0 aliphatic heterocycles. The van der Waals surface area contributed by atoms with Gasteiger partial charge in [-0.1, -0.05) is 59.8 Å². The lowest BCUT2D eigenvalue weighted by Gasteiger charge is -2.36. The second kappa shape index (κ2) is 15.5. The molecule has 2 N–H and O–H groups in total. The lowest BCUT2D eigenvalue weighted by Crippen LogP contribution is -2.43. The van der Waals surface area contributed by atoms with Crippen LogP contribution in [0.3, 0.4) is 0 Å². The molecule has 150 valence electrons. The van der Waals surface area contributed by atoms with E-state index in [4.69, 9.17) is 10.5 Å². The summed E-state index contributed by atoms with van der Waals surface area (Å²) in [6.07, 6.45) is 13.0. The van der Waals surface area contributed by atoms with Gasteiger partial charge in [0, 0.05) is 19.6 Å². The van der Waals surface area contributed by atoms with Crippen molar-refractivity contribution in [2.75, 3.05) is 19.6 Å². The SMILES string of the molecule is CCCCCC(CCCC)(CCCC)OC(=O)N(CCN)CCCC. The van der Waals surface area contributed by atoms with E-state index in [1.807, 2.05) is 4.90 Å². The zero-order valence-corrected chi connectivity index (χ0v) is 17.4. The van der Waals surface area contributed by atoms with Gasteiger partial charge in [0.25, 0.3) is 0 Å². The minimum atomic E-state index is -0.280. The molecule has 0 unspecified atom stereocenters. The van der Waals surface area contributed by atoms with E-state index in [-0.39, 0.29) is 11.7 Å². The van der Waals surface area contributed by atoms with Crippen molar-refractivity contribution in [3.05, 3.63) is 0 Å². The molecule has 0 aliphatic rings. The largest absolute Gasteiger partial charge is 0.443 e. The maximum absolute atomic E-state index is 12.9. The molecule has 0 atom stereocenters. The first-order valence-corrected chi connectivity index (χ1v) is 10.8. The smallest absolute Gasteiger partial charge is 0.410 e. The fourth-order valence-electron chi connectivity index (χ4n) is 3.27. The quantitative estimate of drug-likeness (QED) is 0.351. The van der Waals surface area contributed by atoms with E-state index in [0.29, 0.717) is 13.1 Å². The fourth-order valence-corrected chi connectivity index (χ4v) is 3.27. The van der Waals surface area contributed by atoms with Crippen molar-refractivity contribution in [2.24, 2.45) is 5.73 Å². The van der Waals surface area contributed by atoms with Crippen LogP contribution in [0.4, 0.5) is 4.79 Å². The van der Waals surface area contributed by atoms with E-state index in [0.717, 1.165) is 70.8 Å². The van der Waals surface area contributed by atoms with Crippen LogP contribution in [0.5, 0.6) is 0 Å². The molecule has 0 aliphatic carbocycles. The average molecular weight is 357 g/mol. The van der Waals surface area contributed by atoms with E-state index in [9.17, 15) is 4.79 Å². The Bertz CT molecular complexity index is 313. The summed E-state index contributed by atoms with van der Waals surface area (Å²) in [7, 11) is 0. The molecular weight excluding hydrogens is 312 g/mol. The van der Waals surface area contributed by atoms with Crippen LogP contribution in [0, 0.1) is 0 Å². The van der Waals surface area contributed by atoms with E-state index in [2.05, 4.69) is 27.7 Å². The lowest BCUT2D eigenvalue weighted by atomic mass is 9.85. The van der Waals surface area contributed by atoms with Crippen molar-refractivity contribution >= 4 is 6.09 Å². The first kappa shape index (κ1) is 24.2. The number of unbranched alkanes of at least 4 members (excludes halogenated alkanes) is 5. The topological polar surface area (TPSA) is 55.6 Å². The highest BCUT2D eigenvalue weighted by molar-refractivity contribution is 5.68. The summed E-state index contributed by atoms with van der Waals surface area (Å²) in [6.45, 7) is 10.6. The number of hydrogen-bond acceptors (Lipinski definition) is 3. The minimum absolute atomic E-state index is 0.150. The zero-order chi connectivity index (χ0) is 19.0. The average Bonchev–Trinajstić information content (AvgIpc) is 2.61. The first-order valence-electron chi connectivity index (χ1n) is 10.8. The molecular formula is C21H44N2O2. The number of nitrogens with two attached hydrogens (primary N) is 1. The van der Waals surface area contributed by atoms with E-state index in [1.54, 1.807) is 0 Å². The molecule has 0 fully saturated rings. The predicted molar refractivity (Wildman–Crippen MR) is 108 cm³/mol. The molecule has 0 aromatic rings. The third-order valence-electron chi connectivity index (χ3n) is 4.95. The van der Waals surface area contributed by atoms with Gasteiger partial charge in [-0.2, -0.15) is 0 Å². The molecule has 4 nitrogen and oxygen atoms in total. The van der Waals surface area contributed by atoms with Gasteiger partial charge in [-0.15, -0.1) is 0 Å². The van der Waals surface area contributed by atoms with E-state index < -0.39 is 0 Å². The van der Waals surface area contributed by atoms with Crippen molar-refractivity contribution in [3.8, 4) is 0 Å². The third kappa shape index (κ3) is 10.7. The molecule has 0 spiro atoms. The molecule has 0 saturated carbocycles. The molecule has 0 rings (SSSR count). The van der Waals surface area contributed by atoms with Gasteiger partial charge >= 0.3 is 6.09 Å². The van der Waals surface area contributed by atoms with Crippen LogP contribution in [-0.4, -0.2) is 36.2 Å². The monoisotopic (exact) mass is 356 g/mol. The number of hydrogen-bond donors (Lipinski definition) is 1. The number of amides is 1. The van der Waals surface area contributed by atoms with Crippen LogP contribution in [-0.2, 0) is 4.74 Å². The summed E-state index contributed by atoms with van der Waals surface area (Å²) < 4.78 is 6.23. The summed E-state index contributed by atoms with van der Waals surface area (Å²) in [4.78, 5) is 14.7. The maximum atomic E-state index is 12.9. The molecule has 25 heavy (non-hydrogen) atoms. The van der Waals surface area contributed by atoms with Gasteiger partial charge in [-0.25, -0.2) is 4.79 Å². The first-order chi connectivity index (χ1) is 12.1. The summed E-state index contributed by atoms with van der Waals surface area (Å²) in [5, 5.41) is 0. The maximum Gasteiger partial charge on any atom is 0.410 e. The molecule has 0 saturated heterocycles. The van der Waals surface area contributed by atoms with Crippen LogP contribution in [0.25, 0.3) is 0 Å². The van der Waals surface area contributed by atoms with Crippen LogP contribution in [0.1, 0.15) is 105 Å². The highest BCUT2D eigenvalue weighted by Crippen LogP contribution is 2.32. The Balaban J connectivity index is 5.11. The van der Waals surface area contributed by atoms with Crippen molar-refractivity contribution in [3.63, 3.8) is 0 Å². The highest BCUT2D eigenvalue weighted by Gasteiger charge is 2.34. The molecule has 0 heterocycles. The molecule has 4 heteroatoms. The summed E-state index contributed by atoms with van der Waals surface area (Å²) >= 11 is 0. The summed E-state index contributed by atoms with van der Waals surface area (Å²) in [5.41, 5.74) is 5.43. The number of carbonyl (C=O) groups is 1. The number of nitrogens with zero attached hydrogens (tertiary/aromatic N) is 1. The third-order valence-corrected chi connectivity index (χ3v) is 4.95. The van der Waals surface area contributed by atoms with Crippen LogP contribution >= 0.6 is 0 Å². The van der Waals surface area contributed by atoms with Crippen LogP contribution in [0.15, 0.2) is 0 Å². The van der Waals surface area contributed by atoms with Gasteiger partial charge in [-0.05, 0) is 44.9 Å². The standard InChI is InChI=1S/C21H44N2O2/c1-5-9-13-16-21(14-10-6-2,15-11-7-3)25-20(24)23(19-17-22)18-12-8-4/h5-19,22H2,1-4H3. The molecule has 0 aromatic carbocycles. The highest BCUT2D eigenvalue weighted by atomic mass is 16.6. The van der Waals surface area contributed by atoms with Gasteiger partial charge in [0.15, 0.2) is 0 Å². The second-order valence-electron chi connectivity index (χ2n) is 7.34. The number of carbonyl (C=O) groups excluding carboxylic acids is 1. The number of ether oxygens (including phenoxy) is 1. The Kier molecular flexibility index (Phi) is 15.0. The zero-order valence-electron chi connectivity index (χ0n) is 17.4. The number of rotatable bonds is 16. The van der Waals surface area contributed by atoms with Gasteiger partial charge in [0.1, 0.15) is 5.60 Å². The van der Waals surface area contributed by atoms with Crippen molar-refractivity contribution in [1.82, 2.24) is 4.90 Å². The predicted octanol–water partition coefficient (Wildman–Crippen LogP) is 5.88. The summed E-state index contributed by atoms with van der Waals surface area (Å²) in [5.74, 6) is 0. The Hall–Kier alpha value is -0.770. The normalized spacial score (nSPS) is 11.6. The Morgan fingerprint density at radius 2 is 1.32 bits per heavy atom. The minimum Gasteiger partial charge on any atom is -0.443 e. The second-order valence-corrected chi connectivity index (χ2v) is 7.34. The van der Waals surface area contributed by atoms with Crippen LogP contribution in [0.2, 0.25) is 0 Å². The van der Waals surface area contributed by atoms with E-state index >= 15 is 0 Å². The molecule has 0 aromatic heterocycles. The Morgan fingerprint density at radius 1 is 0.800 bits per heavy atom. The van der Waals surface area contributed by atoms with Gasteiger partial charge < -0.3 is 15.4 Å². The van der Waals surface area contributed by atoms with Crippen molar-refractivity contribution in [1.29, 1.82) is 0 Å². The Morgan fingerprint density at radius 3 is 1.80 bits per heavy atom. The summed E-state index contributed by atoms with van der Waals surface area (Å²) in [6, 6.07) is 0. The molecule has 0 radical (unpaired) electrons. The van der Waals surface area contributed by atoms with Crippen molar-refractivity contribution < 1.29 is 9.53 Å². The fraction of sp³-hybridized carbons (Fsp3) is 0.952. The van der Waals surface area contributed by atoms with Crippen LogP contribution < -0.4 is 5.73 Å².